The number of ether oxygens (including phenoxy) is 1. The molecule has 0 amide bonds. The third-order valence-electron chi connectivity index (χ3n) is 2.98. The zero-order valence-electron chi connectivity index (χ0n) is 11.9. The predicted molar refractivity (Wildman–Crippen MR) is 79.0 cm³/mol. The summed E-state index contributed by atoms with van der Waals surface area (Å²) in [5, 5.41) is 17.1. The van der Waals surface area contributed by atoms with E-state index in [0.717, 1.165) is 18.0 Å². The second kappa shape index (κ2) is 6.96. The van der Waals surface area contributed by atoms with Gasteiger partial charge in [0.25, 0.3) is 0 Å². The van der Waals surface area contributed by atoms with E-state index in [2.05, 4.69) is 23.4 Å². The second-order valence-corrected chi connectivity index (χ2v) is 4.72. The molecule has 0 saturated carbocycles. The zero-order chi connectivity index (χ0) is 14.4. The van der Waals surface area contributed by atoms with Gasteiger partial charge in [0.05, 0.1) is 0 Å². The van der Waals surface area contributed by atoms with Gasteiger partial charge in [-0.2, -0.15) is 5.10 Å². The van der Waals surface area contributed by atoms with Crippen LogP contribution in [0.15, 0.2) is 36.5 Å². The number of rotatable bonds is 7. The molecule has 5 heteroatoms. The highest BCUT2D eigenvalue weighted by Crippen LogP contribution is 2.14. The number of hydrogen-bond donors (Lipinski definition) is 2. The Balaban J connectivity index is 1.75. The van der Waals surface area contributed by atoms with E-state index >= 15 is 0 Å². The Kier molecular flexibility index (Phi) is 5.01. The lowest BCUT2D eigenvalue weighted by molar-refractivity contribution is 0.117. The van der Waals surface area contributed by atoms with Gasteiger partial charge in [-0.3, -0.25) is 4.68 Å². The molecular formula is C15H21N3O2. The van der Waals surface area contributed by atoms with E-state index in [4.69, 9.17) is 4.74 Å². The lowest BCUT2D eigenvalue weighted by atomic mass is 10.2. The largest absolute Gasteiger partial charge is 0.491 e. The van der Waals surface area contributed by atoms with E-state index in [1.165, 1.54) is 5.56 Å². The molecule has 0 aliphatic heterocycles. The molecule has 1 aromatic carbocycles. The van der Waals surface area contributed by atoms with Crippen molar-refractivity contribution in [1.29, 1.82) is 0 Å². The van der Waals surface area contributed by atoms with Crippen LogP contribution >= 0.6 is 0 Å². The minimum absolute atomic E-state index is 0.257. The zero-order valence-corrected chi connectivity index (χ0v) is 11.9. The average Bonchev–Trinajstić information content (AvgIpc) is 2.89. The van der Waals surface area contributed by atoms with Crippen LogP contribution in [0, 0.1) is 0 Å². The molecule has 5 nitrogen and oxygen atoms in total. The van der Waals surface area contributed by atoms with Crippen LogP contribution < -0.4 is 10.1 Å². The van der Waals surface area contributed by atoms with Crippen molar-refractivity contribution in [1.82, 2.24) is 9.78 Å². The van der Waals surface area contributed by atoms with Gasteiger partial charge in [0.15, 0.2) is 0 Å². The molecule has 0 radical (unpaired) electrons. The van der Waals surface area contributed by atoms with E-state index in [9.17, 15) is 5.11 Å². The van der Waals surface area contributed by atoms with Crippen molar-refractivity contribution in [2.24, 2.45) is 7.05 Å². The first-order chi connectivity index (χ1) is 9.67. The second-order valence-electron chi connectivity index (χ2n) is 4.72. The predicted octanol–water partition coefficient (Wildman–Crippen LogP) is 1.83. The molecule has 20 heavy (non-hydrogen) atoms. The van der Waals surface area contributed by atoms with Crippen molar-refractivity contribution in [2.75, 3.05) is 18.5 Å². The minimum atomic E-state index is -0.581. The smallest absolute Gasteiger partial charge is 0.148 e. The molecule has 108 valence electrons. The Hall–Kier alpha value is -2.01. The fourth-order valence-electron chi connectivity index (χ4n) is 1.84. The lowest BCUT2D eigenvalue weighted by Gasteiger charge is -2.13. The summed E-state index contributed by atoms with van der Waals surface area (Å²) in [5.41, 5.74) is 1.23. The van der Waals surface area contributed by atoms with Crippen LogP contribution in [-0.4, -0.2) is 34.1 Å². The van der Waals surface area contributed by atoms with Crippen LogP contribution in [0.2, 0.25) is 0 Å². The van der Waals surface area contributed by atoms with Crippen LogP contribution in [0.4, 0.5) is 5.82 Å². The number of anilines is 1. The van der Waals surface area contributed by atoms with Gasteiger partial charge in [-0.15, -0.1) is 0 Å². The molecule has 0 aliphatic rings. The fourth-order valence-corrected chi connectivity index (χ4v) is 1.84. The maximum absolute atomic E-state index is 9.88. The third-order valence-corrected chi connectivity index (χ3v) is 2.98. The number of nitrogens with one attached hydrogen (secondary N) is 1. The molecule has 2 N–H and O–H groups in total. The van der Waals surface area contributed by atoms with Gasteiger partial charge in [0.1, 0.15) is 24.3 Å². The van der Waals surface area contributed by atoms with Crippen molar-refractivity contribution in [3.63, 3.8) is 0 Å². The number of aromatic nitrogens is 2. The highest BCUT2D eigenvalue weighted by atomic mass is 16.5. The maximum atomic E-state index is 9.88. The summed E-state index contributed by atoms with van der Waals surface area (Å²) in [6.45, 7) is 2.77. The first-order valence-corrected chi connectivity index (χ1v) is 6.80. The van der Waals surface area contributed by atoms with Gasteiger partial charge in [-0.25, -0.2) is 0 Å². The summed E-state index contributed by atoms with van der Waals surface area (Å²) in [4.78, 5) is 0. The van der Waals surface area contributed by atoms with E-state index in [-0.39, 0.29) is 6.61 Å². The molecule has 1 unspecified atom stereocenters. The van der Waals surface area contributed by atoms with Crippen LogP contribution in [0.3, 0.4) is 0 Å². The third kappa shape index (κ3) is 4.28. The normalized spacial score (nSPS) is 12.2. The summed E-state index contributed by atoms with van der Waals surface area (Å²) in [6, 6.07) is 9.79. The summed E-state index contributed by atoms with van der Waals surface area (Å²) in [6.07, 6.45) is 2.24. The molecular weight excluding hydrogens is 254 g/mol. The van der Waals surface area contributed by atoms with E-state index in [1.54, 1.807) is 4.68 Å². The van der Waals surface area contributed by atoms with Gasteiger partial charge in [0.2, 0.25) is 0 Å². The summed E-state index contributed by atoms with van der Waals surface area (Å²) in [5.74, 6) is 1.54. The molecule has 1 aromatic heterocycles. The number of aliphatic hydroxyl groups excluding tert-OH is 1. The number of benzene rings is 1. The minimum Gasteiger partial charge on any atom is -0.491 e. The number of hydrogen-bond acceptors (Lipinski definition) is 4. The summed E-state index contributed by atoms with van der Waals surface area (Å²) < 4.78 is 7.30. The Morgan fingerprint density at radius 3 is 2.95 bits per heavy atom. The van der Waals surface area contributed by atoms with Crippen LogP contribution in [0.5, 0.6) is 5.75 Å². The topological polar surface area (TPSA) is 59.3 Å². The van der Waals surface area contributed by atoms with E-state index in [0.29, 0.717) is 6.54 Å². The molecule has 0 aliphatic carbocycles. The van der Waals surface area contributed by atoms with Crippen molar-refractivity contribution < 1.29 is 9.84 Å². The molecule has 0 fully saturated rings. The van der Waals surface area contributed by atoms with Crippen LogP contribution in [-0.2, 0) is 13.5 Å². The SMILES string of the molecule is CCc1cccc(OCC(O)CNc2ccn(C)n2)c1. The van der Waals surface area contributed by atoms with Crippen molar-refractivity contribution in [3.05, 3.63) is 42.1 Å². The van der Waals surface area contributed by atoms with Crippen molar-refractivity contribution in [3.8, 4) is 5.75 Å². The highest BCUT2D eigenvalue weighted by molar-refractivity contribution is 5.32. The van der Waals surface area contributed by atoms with Gasteiger partial charge in [0, 0.05) is 25.9 Å². The quantitative estimate of drug-likeness (QED) is 0.809. The fraction of sp³-hybridized carbons (Fsp3) is 0.400. The highest BCUT2D eigenvalue weighted by Gasteiger charge is 2.06. The Morgan fingerprint density at radius 2 is 2.25 bits per heavy atom. The Morgan fingerprint density at radius 1 is 1.40 bits per heavy atom. The van der Waals surface area contributed by atoms with E-state index < -0.39 is 6.10 Å². The first-order valence-electron chi connectivity index (χ1n) is 6.80. The number of nitrogens with zero attached hydrogens (tertiary/aromatic N) is 2. The Labute approximate surface area is 119 Å². The van der Waals surface area contributed by atoms with Gasteiger partial charge in [-0.1, -0.05) is 19.1 Å². The van der Waals surface area contributed by atoms with Gasteiger partial charge < -0.3 is 15.2 Å². The molecule has 2 rings (SSSR count). The Bertz CT molecular complexity index is 539. The standard InChI is InChI=1S/C15H21N3O2/c1-3-12-5-4-6-14(9-12)20-11-13(19)10-16-15-7-8-18(2)17-15/h4-9,13,19H,3,10-11H2,1-2H3,(H,16,17). The number of aryl methyl sites for hydroxylation is 2. The van der Waals surface area contributed by atoms with Gasteiger partial charge >= 0.3 is 0 Å². The van der Waals surface area contributed by atoms with Crippen molar-refractivity contribution >= 4 is 5.82 Å². The van der Waals surface area contributed by atoms with Gasteiger partial charge in [-0.05, 0) is 24.1 Å². The average molecular weight is 275 g/mol. The van der Waals surface area contributed by atoms with E-state index in [1.807, 2.05) is 37.5 Å². The van der Waals surface area contributed by atoms with Crippen LogP contribution in [0.1, 0.15) is 12.5 Å². The number of aliphatic hydroxyl groups is 1. The summed E-state index contributed by atoms with van der Waals surface area (Å²) >= 11 is 0. The molecule has 0 spiro atoms. The molecule has 1 atom stereocenters. The maximum Gasteiger partial charge on any atom is 0.148 e. The molecule has 0 bridgehead atoms. The summed E-state index contributed by atoms with van der Waals surface area (Å²) in [7, 11) is 1.85. The molecule has 0 saturated heterocycles. The first kappa shape index (κ1) is 14.4. The van der Waals surface area contributed by atoms with Crippen LogP contribution in [0.25, 0.3) is 0 Å². The molecule has 2 aromatic rings. The monoisotopic (exact) mass is 275 g/mol. The molecule has 1 heterocycles. The van der Waals surface area contributed by atoms with Crippen molar-refractivity contribution in [2.45, 2.75) is 19.4 Å². The lowest BCUT2D eigenvalue weighted by Crippen LogP contribution is -2.26.